The highest BCUT2D eigenvalue weighted by Gasteiger charge is 2.11. The third-order valence-corrected chi connectivity index (χ3v) is 3.48. The van der Waals surface area contributed by atoms with Crippen LogP contribution in [-0.2, 0) is 0 Å². The molecule has 2 aromatic carbocycles. The van der Waals surface area contributed by atoms with E-state index in [9.17, 15) is 9.18 Å². The zero-order valence-electron chi connectivity index (χ0n) is 13.5. The molecule has 1 heterocycles. The smallest absolute Gasteiger partial charge is 0.274 e. The van der Waals surface area contributed by atoms with Crippen LogP contribution in [0.15, 0.2) is 66.9 Å². The van der Waals surface area contributed by atoms with Gasteiger partial charge in [-0.3, -0.25) is 9.78 Å². The molecule has 0 unspecified atom stereocenters. The summed E-state index contributed by atoms with van der Waals surface area (Å²) in [5, 5.41) is 5.87. The first-order chi connectivity index (χ1) is 12.2. The second-order valence-electron chi connectivity index (χ2n) is 5.22. The second-order valence-corrected chi connectivity index (χ2v) is 5.22. The van der Waals surface area contributed by atoms with E-state index >= 15 is 0 Å². The van der Waals surface area contributed by atoms with Crippen molar-refractivity contribution in [1.82, 2.24) is 4.98 Å². The number of amides is 1. The van der Waals surface area contributed by atoms with Gasteiger partial charge in [-0.2, -0.15) is 0 Å². The van der Waals surface area contributed by atoms with Gasteiger partial charge >= 0.3 is 0 Å². The van der Waals surface area contributed by atoms with E-state index in [1.165, 1.54) is 25.4 Å². The van der Waals surface area contributed by atoms with E-state index in [-0.39, 0.29) is 17.4 Å². The van der Waals surface area contributed by atoms with Gasteiger partial charge in [0.2, 0.25) is 0 Å². The van der Waals surface area contributed by atoms with Crippen LogP contribution in [0.4, 0.5) is 21.5 Å². The number of para-hydroxylation sites is 2. The zero-order valence-corrected chi connectivity index (χ0v) is 13.5. The van der Waals surface area contributed by atoms with Crippen LogP contribution in [0, 0.1) is 5.82 Å². The van der Waals surface area contributed by atoms with Gasteiger partial charge in [-0.05, 0) is 48.5 Å². The summed E-state index contributed by atoms with van der Waals surface area (Å²) in [5.41, 5.74) is 2.20. The van der Waals surface area contributed by atoms with E-state index in [4.69, 9.17) is 4.74 Å². The number of aromatic nitrogens is 1. The van der Waals surface area contributed by atoms with Crippen LogP contribution in [0.3, 0.4) is 0 Å². The average molecular weight is 337 g/mol. The number of pyridine rings is 1. The largest absolute Gasteiger partial charge is 0.495 e. The van der Waals surface area contributed by atoms with Crippen LogP contribution >= 0.6 is 0 Å². The molecule has 1 amide bonds. The van der Waals surface area contributed by atoms with Crippen LogP contribution in [-0.4, -0.2) is 18.0 Å². The lowest BCUT2D eigenvalue weighted by molar-refractivity contribution is 0.102. The van der Waals surface area contributed by atoms with Gasteiger partial charge in [0.25, 0.3) is 5.91 Å². The van der Waals surface area contributed by atoms with Crippen molar-refractivity contribution in [3.63, 3.8) is 0 Å². The molecule has 0 spiro atoms. The molecule has 0 saturated heterocycles. The quantitative estimate of drug-likeness (QED) is 0.731. The molecule has 6 heteroatoms. The first-order valence-electron chi connectivity index (χ1n) is 7.59. The Morgan fingerprint density at radius 2 is 1.80 bits per heavy atom. The molecule has 25 heavy (non-hydrogen) atoms. The minimum Gasteiger partial charge on any atom is -0.495 e. The van der Waals surface area contributed by atoms with Gasteiger partial charge in [0.1, 0.15) is 17.3 Å². The highest BCUT2D eigenvalue weighted by Crippen LogP contribution is 2.24. The van der Waals surface area contributed by atoms with Crippen LogP contribution < -0.4 is 15.4 Å². The molecule has 0 saturated carbocycles. The molecule has 0 fully saturated rings. The lowest BCUT2D eigenvalue weighted by Gasteiger charge is -2.10. The van der Waals surface area contributed by atoms with Gasteiger partial charge in [-0.15, -0.1) is 0 Å². The van der Waals surface area contributed by atoms with Crippen molar-refractivity contribution in [1.29, 1.82) is 0 Å². The van der Waals surface area contributed by atoms with Crippen LogP contribution in [0.5, 0.6) is 5.75 Å². The number of hydrogen-bond donors (Lipinski definition) is 2. The first-order valence-corrected chi connectivity index (χ1v) is 7.59. The molecule has 0 aliphatic carbocycles. The molecule has 0 aliphatic rings. The predicted molar refractivity (Wildman–Crippen MR) is 94.9 cm³/mol. The summed E-state index contributed by atoms with van der Waals surface area (Å²) in [6.45, 7) is 0. The highest BCUT2D eigenvalue weighted by atomic mass is 19.1. The fourth-order valence-electron chi connectivity index (χ4n) is 2.27. The van der Waals surface area contributed by atoms with Gasteiger partial charge in [-0.1, -0.05) is 12.1 Å². The molecule has 3 rings (SSSR count). The van der Waals surface area contributed by atoms with Crippen molar-refractivity contribution in [3.8, 4) is 5.75 Å². The molecular formula is C19H16FN3O2. The summed E-state index contributed by atoms with van der Waals surface area (Å²) in [5.74, 6) is -0.0964. The fourth-order valence-corrected chi connectivity index (χ4v) is 2.27. The van der Waals surface area contributed by atoms with Gasteiger partial charge in [-0.25, -0.2) is 4.39 Å². The van der Waals surface area contributed by atoms with Crippen molar-refractivity contribution in [2.75, 3.05) is 17.7 Å². The lowest BCUT2D eigenvalue weighted by atomic mass is 10.2. The third-order valence-electron chi connectivity index (χ3n) is 3.48. The minimum atomic E-state index is -0.354. The van der Waals surface area contributed by atoms with Crippen molar-refractivity contribution in [2.45, 2.75) is 0 Å². The van der Waals surface area contributed by atoms with Gasteiger partial charge in [0, 0.05) is 17.6 Å². The average Bonchev–Trinajstić information content (AvgIpc) is 2.64. The van der Waals surface area contributed by atoms with E-state index in [2.05, 4.69) is 15.6 Å². The molecule has 1 aromatic heterocycles. The van der Waals surface area contributed by atoms with Gasteiger partial charge in [0.15, 0.2) is 0 Å². The maximum absolute atomic E-state index is 13.0. The molecule has 126 valence electrons. The van der Waals surface area contributed by atoms with Crippen molar-refractivity contribution in [3.05, 3.63) is 78.4 Å². The summed E-state index contributed by atoms with van der Waals surface area (Å²) in [6.07, 6.45) is 1.53. The monoisotopic (exact) mass is 337 g/mol. The van der Waals surface area contributed by atoms with Crippen LogP contribution in [0.25, 0.3) is 0 Å². The maximum atomic E-state index is 13.0. The van der Waals surface area contributed by atoms with Gasteiger partial charge in [0.05, 0.1) is 12.8 Å². The number of carbonyl (C=O) groups is 1. The zero-order chi connectivity index (χ0) is 17.6. The second kappa shape index (κ2) is 7.44. The summed E-state index contributed by atoms with van der Waals surface area (Å²) >= 11 is 0. The van der Waals surface area contributed by atoms with Crippen molar-refractivity contribution >= 4 is 23.0 Å². The van der Waals surface area contributed by atoms with Crippen molar-refractivity contribution < 1.29 is 13.9 Å². The van der Waals surface area contributed by atoms with E-state index in [1.54, 1.807) is 42.5 Å². The Morgan fingerprint density at radius 3 is 2.56 bits per heavy atom. The number of methoxy groups -OCH3 is 1. The molecular weight excluding hydrogens is 321 g/mol. The third kappa shape index (κ3) is 4.11. The SMILES string of the molecule is COc1ccccc1NC(=O)c1cc(Nc2ccc(F)cc2)ccn1. The molecule has 2 N–H and O–H groups in total. The Kier molecular flexibility index (Phi) is 4.89. The molecule has 0 aliphatic heterocycles. The Hall–Kier alpha value is -3.41. The Morgan fingerprint density at radius 1 is 1.04 bits per heavy atom. The van der Waals surface area contributed by atoms with E-state index in [1.807, 2.05) is 6.07 Å². The maximum Gasteiger partial charge on any atom is 0.274 e. The topological polar surface area (TPSA) is 63.2 Å². The Labute approximate surface area is 144 Å². The molecule has 0 atom stereocenters. The Bertz CT molecular complexity index is 882. The first kappa shape index (κ1) is 16.4. The highest BCUT2D eigenvalue weighted by molar-refractivity contribution is 6.04. The standard InChI is InChI=1S/C19H16FN3O2/c1-25-18-5-3-2-4-16(18)23-19(24)17-12-15(10-11-21-17)22-14-8-6-13(20)7-9-14/h2-12H,1H3,(H,21,22)(H,23,24). The van der Waals surface area contributed by atoms with Crippen LogP contribution in [0.2, 0.25) is 0 Å². The Balaban J connectivity index is 1.76. The summed E-state index contributed by atoms with van der Waals surface area (Å²) < 4.78 is 18.2. The van der Waals surface area contributed by atoms with Crippen molar-refractivity contribution in [2.24, 2.45) is 0 Å². The normalized spacial score (nSPS) is 10.2. The van der Waals surface area contributed by atoms with E-state index < -0.39 is 0 Å². The molecule has 3 aromatic rings. The fraction of sp³-hybridized carbons (Fsp3) is 0.0526. The lowest BCUT2D eigenvalue weighted by Crippen LogP contribution is -2.14. The minimum absolute atomic E-state index is 0.248. The summed E-state index contributed by atoms with van der Waals surface area (Å²) in [6, 6.07) is 16.4. The molecule has 0 radical (unpaired) electrons. The summed E-state index contributed by atoms with van der Waals surface area (Å²) in [7, 11) is 1.54. The number of halogens is 1. The number of ether oxygens (including phenoxy) is 1. The number of anilines is 3. The number of hydrogen-bond acceptors (Lipinski definition) is 4. The van der Waals surface area contributed by atoms with Crippen LogP contribution in [0.1, 0.15) is 10.5 Å². The molecule has 0 bridgehead atoms. The number of carbonyl (C=O) groups excluding carboxylic acids is 1. The number of benzene rings is 2. The summed E-state index contributed by atoms with van der Waals surface area (Å²) in [4.78, 5) is 16.5. The number of rotatable bonds is 5. The van der Waals surface area contributed by atoms with E-state index in [0.29, 0.717) is 22.8 Å². The molecule has 5 nitrogen and oxygen atoms in total. The number of nitrogens with one attached hydrogen (secondary N) is 2. The van der Waals surface area contributed by atoms with E-state index in [0.717, 1.165) is 0 Å². The predicted octanol–water partition coefficient (Wildman–Crippen LogP) is 4.23. The number of nitrogens with zero attached hydrogens (tertiary/aromatic N) is 1. The van der Waals surface area contributed by atoms with Gasteiger partial charge < -0.3 is 15.4 Å².